The van der Waals surface area contributed by atoms with Crippen molar-refractivity contribution in [1.82, 2.24) is 15.0 Å². The molecule has 0 atom stereocenters. The van der Waals surface area contributed by atoms with Gasteiger partial charge in [-0.15, -0.1) is 0 Å². The summed E-state index contributed by atoms with van der Waals surface area (Å²) >= 11 is 0. The Morgan fingerprint density at radius 1 is 1.06 bits per heavy atom. The Balaban J connectivity index is 2.02. The Hall–Kier alpha value is -4.15. The second kappa shape index (κ2) is 9.55. The van der Waals surface area contributed by atoms with Gasteiger partial charge in [-0.3, -0.25) is 4.79 Å². The molecule has 0 saturated heterocycles. The van der Waals surface area contributed by atoms with Crippen molar-refractivity contribution in [3.63, 3.8) is 0 Å². The Bertz CT molecular complexity index is 1200. The zero-order valence-electron chi connectivity index (χ0n) is 18.0. The molecule has 0 saturated carbocycles. The predicted molar refractivity (Wildman–Crippen MR) is 119 cm³/mol. The van der Waals surface area contributed by atoms with Crippen LogP contribution in [0.1, 0.15) is 16.7 Å². The average molecular weight is 458 g/mol. The van der Waals surface area contributed by atoms with Crippen molar-refractivity contribution >= 4 is 34.7 Å². The van der Waals surface area contributed by atoms with Gasteiger partial charge < -0.3 is 20.7 Å². The molecule has 3 rings (SSSR count). The molecule has 33 heavy (non-hydrogen) atoms. The third-order valence-electron chi connectivity index (χ3n) is 4.50. The van der Waals surface area contributed by atoms with Gasteiger partial charge in [0.05, 0.1) is 24.2 Å². The molecule has 0 aliphatic carbocycles. The summed E-state index contributed by atoms with van der Waals surface area (Å²) in [5.41, 5.74) is 1.44. The second-order valence-corrected chi connectivity index (χ2v) is 6.99. The summed E-state index contributed by atoms with van der Waals surface area (Å²) in [7, 11) is 1.45. The SMILES string of the molecule is C=CC(=O)Nc1cc(C)ccc1Nc1nc(Nc2cc(OC)ncc2C)ncc1C(F)(F)F. The van der Waals surface area contributed by atoms with Gasteiger partial charge >= 0.3 is 6.18 Å². The largest absolute Gasteiger partial charge is 0.481 e. The van der Waals surface area contributed by atoms with Crippen LogP contribution in [0.3, 0.4) is 0 Å². The van der Waals surface area contributed by atoms with Gasteiger partial charge in [-0.1, -0.05) is 12.6 Å². The van der Waals surface area contributed by atoms with E-state index in [0.717, 1.165) is 11.6 Å². The molecule has 0 bridgehead atoms. The number of ether oxygens (including phenoxy) is 1. The lowest BCUT2D eigenvalue weighted by molar-refractivity contribution is -0.137. The molecular formula is C22H21F3N6O2. The maximum Gasteiger partial charge on any atom is 0.421 e. The number of hydrogen-bond acceptors (Lipinski definition) is 7. The fourth-order valence-corrected chi connectivity index (χ4v) is 2.80. The van der Waals surface area contributed by atoms with Crippen molar-refractivity contribution in [3.8, 4) is 5.88 Å². The van der Waals surface area contributed by atoms with Crippen LogP contribution in [0.15, 0.2) is 49.3 Å². The highest BCUT2D eigenvalue weighted by atomic mass is 19.4. The number of methoxy groups -OCH3 is 1. The van der Waals surface area contributed by atoms with Crippen LogP contribution in [0, 0.1) is 13.8 Å². The minimum Gasteiger partial charge on any atom is -0.481 e. The van der Waals surface area contributed by atoms with Gasteiger partial charge in [-0.25, -0.2) is 9.97 Å². The molecular weight excluding hydrogens is 437 g/mol. The van der Waals surface area contributed by atoms with E-state index in [1.165, 1.54) is 7.11 Å². The maximum absolute atomic E-state index is 13.7. The van der Waals surface area contributed by atoms with E-state index < -0.39 is 23.5 Å². The van der Waals surface area contributed by atoms with Crippen LogP contribution < -0.4 is 20.7 Å². The number of hydrogen-bond donors (Lipinski definition) is 3. The Kier molecular flexibility index (Phi) is 6.80. The molecule has 172 valence electrons. The Morgan fingerprint density at radius 2 is 1.82 bits per heavy atom. The number of benzene rings is 1. The highest BCUT2D eigenvalue weighted by Gasteiger charge is 2.35. The lowest BCUT2D eigenvalue weighted by atomic mass is 10.1. The Morgan fingerprint density at radius 3 is 2.48 bits per heavy atom. The van der Waals surface area contributed by atoms with E-state index >= 15 is 0 Å². The molecule has 11 heteroatoms. The number of pyridine rings is 1. The molecule has 0 spiro atoms. The first-order valence-electron chi connectivity index (χ1n) is 9.63. The number of carbonyl (C=O) groups excluding carboxylic acids is 1. The number of carbonyl (C=O) groups is 1. The molecule has 2 heterocycles. The van der Waals surface area contributed by atoms with E-state index in [2.05, 4.69) is 37.5 Å². The van der Waals surface area contributed by atoms with E-state index in [9.17, 15) is 18.0 Å². The first kappa shape index (κ1) is 23.5. The standard InChI is InChI=1S/C22H21F3N6O2/c1-5-18(32)28-17-8-12(2)6-7-15(17)29-20-14(22(23,24)25)11-27-21(31-20)30-16-9-19(33-4)26-10-13(16)3/h5-11H,1H2,2-4H3,(H,28,32)(H2,26,27,29,30,31). The highest BCUT2D eigenvalue weighted by Crippen LogP contribution is 2.37. The van der Waals surface area contributed by atoms with Gasteiger partial charge in [0.1, 0.15) is 11.4 Å². The molecule has 0 aliphatic rings. The third kappa shape index (κ3) is 5.76. The number of amides is 1. The number of halogens is 3. The van der Waals surface area contributed by atoms with Gasteiger partial charge in [0.25, 0.3) is 0 Å². The van der Waals surface area contributed by atoms with Crippen LogP contribution in [0.25, 0.3) is 0 Å². The van der Waals surface area contributed by atoms with Crippen molar-refractivity contribution in [2.45, 2.75) is 20.0 Å². The first-order chi connectivity index (χ1) is 15.6. The molecule has 0 radical (unpaired) electrons. The molecule has 3 aromatic rings. The van der Waals surface area contributed by atoms with E-state index in [0.29, 0.717) is 23.3 Å². The number of alkyl halides is 3. The first-order valence-corrected chi connectivity index (χ1v) is 9.63. The summed E-state index contributed by atoms with van der Waals surface area (Å²) in [6.07, 6.45) is -1.43. The lowest BCUT2D eigenvalue weighted by Gasteiger charge is -2.17. The maximum atomic E-state index is 13.7. The van der Waals surface area contributed by atoms with E-state index in [-0.39, 0.29) is 17.3 Å². The number of nitrogens with zero attached hydrogens (tertiary/aromatic N) is 3. The zero-order valence-corrected chi connectivity index (χ0v) is 18.0. The normalized spacial score (nSPS) is 11.0. The van der Waals surface area contributed by atoms with Crippen molar-refractivity contribution in [2.24, 2.45) is 0 Å². The number of aryl methyl sites for hydroxylation is 2. The minimum atomic E-state index is -4.72. The molecule has 2 aromatic heterocycles. The fraction of sp³-hybridized carbons (Fsp3) is 0.182. The minimum absolute atomic E-state index is 0.0781. The summed E-state index contributed by atoms with van der Waals surface area (Å²) in [6.45, 7) is 6.93. The fourth-order valence-electron chi connectivity index (χ4n) is 2.80. The van der Waals surface area contributed by atoms with Crippen LogP contribution in [0.5, 0.6) is 5.88 Å². The van der Waals surface area contributed by atoms with Crippen LogP contribution in [-0.4, -0.2) is 28.0 Å². The molecule has 1 amide bonds. The van der Waals surface area contributed by atoms with Gasteiger partial charge in [-0.05, 0) is 43.2 Å². The van der Waals surface area contributed by atoms with E-state index in [4.69, 9.17) is 4.74 Å². The van der Waals surface area contributed by atoms with Gasteiger partial charge in [-0.2, -0.15) is 18.2 Å². The van der Waals surface area contributed by atoms with Crippen molar-refractivity contribution in [1.29, 1.82) is 0 Å². The number of nitrogens with one attached hydrogen (secondary N) is 3. The smallest absolute Gasteiger partial charge is 0.421 e. The average Bonchev–Trinajstić information content (AvgIpc) is 2.76. The summed E-state index contributed by atoms with van der Waals surface area (Å²) in [5.74, 6) is -0.760. The van der Waals surface area contributed by atoms with Crippen LogP contribution in [-0.2, 0) is 11.0 Å². The van der Waals surface area contributed by atoms with Crippen LogP contribution in [0.2, 0.25) is 0 Å². The predicted octanol–water partition coefficient (Wildman–Crippen LogP) is 5.13. The lowest BCUT2D eigenvalue weighted by Crippen LogP contribution is -2.14. The molecule has 0 fully saturated rings. The second-order valence-electron chi connectivity index (χ2n) is 6.99. The summed E-state index contributed by atoms with van der Waals surface area (Å²) < 4.78 is 46.0. The zero-order chi connectivity index (χ0) is 24.2. The van der Waals surface area contributed by atoms with E-state index in [1.54, 1.807) is 44.3 Å². The molecule has 8 nitrogen and oxygen atoms in total. The van der Waals surface area contributed by atoms with Gasteiger partial charge in [0.15, 0.2) is 0 Å². The van der Waals surface area contributed by atoms with Crippen molar-refractivity contribution in [3.05, 3.63) is 66.0 Å². The topological polar surface area (TPSA) is 101 Å². The van der Waals surface area contributed by atoms with Crippen molar-refractivity contribution in [2.75, 3.05) is 23.1 Å². The third-order valence-corrected chi connectivity index (χ3v) is 4.50. The molecule has 0 aliphatic heterocycles. The Labute approximate surface area is 187 Å². The molecule has 0 unspecified atom stereocenters. The monoisotopic (exact) mass is 458 g/mol. The van der Waals surface area contributed by atoms with E-state index in [1.807, 2.05) is 0 Å². The number of anilines is 5. The quantitative estimate of drug-likeness (QED) is 0.422. The number of rotatable bonds is 7. The van der Waals surface area contributed by atoms with Crippen LogP contribution >= 0.6 is 0 Å². The summed E-state index contributed by atoms with van der Waals surface area (Å²) in [4.78, 5) is 23.7. The summed E-state index contributed by atoms with van der Waals surface area (Å²) in [5, 5.41) is 8.13. The molecule has 3 N–H and O–H groups in total. The number of aromatic nitrogens is 3. The highest BCUT2D eigenvalue weighted by molar-refractivity contribution is 6.01. The van der Waals surface area contributed by atoms with Gasteiger partial charge in [0, 0.05) is 18.5 Å². The van der Waals surface area contributed by atoms with Crippen molar-refractivity contribution < 1.29 is 22.7 Å². The molecule has 1 aromatic carbocycles. The van der Waals surface area contributed by atoms with Crippen LogP contribution in [0.4, 0.5) is 42.0 Å². The van der Waals surface area contributed by atoms with Gasteiger partial charge in [0.2, 0.25) is 17.7 Å². The summed E-state index contributed by atoms with van der Waals surface area (Å²) in [6, 6.07) is 6.42.